The Kier molecular flexibility index (Phi) is 16.4. The number of carboxylic acids is 1. The van der Waals surface area contributed by atoms with Crippen molar-refractivity contribution in [2.75, 3.05) is 0 Å². The molecule has 0 amide bonds. The maximum atomic E-state index is 11.5. The quantitative estimate of drug-likeness (QED) is 0.171. The van der Waals surface area contributed by atoms with Gasteiger partial charge in [0.1, 0.15) is 6.10 Å². The normalized spacial score (nSPS) is 12.9. The zero-order chi connectivity index (χ0) is 23.4. The molecule has 0 fully saturated rings. The molecule has 0 radical (unpaired) electrons. The van der Waals surface area contributed by atoms with E-state index >= 15 is 0 Å². The second-order valence-electron chi connectivity index (χ2n) is 8.78. The summed E-state index contributed by atoms with van der Waals surface area (Å²) in [5.74, 6) is -0.954. The van der Waals surface area contributed by atoms with Gasteiger partial charge in [-0.05, 0) is 50.5 Å². The zero-order valence-corrected chi connectivity index (χ0v) is 20.2. The molecule has 1 aromatic carbocycles. The van der Waals surface area contributed by atoms with Crippen molar-refractivity contribution in [1.82, 2.24) is 0 Å². The molecule has 0 spiro atoms. The Bertz CT molecular complexity index is 601. The second-order valence-corrected chi connectivity index (χ2v) is 8.78. The summed E-state index contributed by atoms with van der Waals surface area (Å²) in [6.45, 7) is 4.26. The molecule has 5 nitrogen and oxygen atoms in total. The van der Waals surface area contributed by atoms with Crippen LogP contribution in [0.15, 0.2) is 30.3 Å². The highest BCUT2D eigenvalue weighted by molar-refractivity contribution is 5.66. The lowest BCUT2D eigenvalue weighted by molar-refractivity contribution is -0.147. The SMILES string of the molecule is CCCCCCCCC(CCCCC(CCCC(=O)O)OCc1ccccc1)OC(C)=O. The van der Waals surface area contributed by atoms with Gasteiger partial charge in [-0.25, -0.2) is 0 Å². The first-order chi connectivity index (χ1) is 15.5. The Morgan fingerprint density at radius 1 is 0.812 bits per heavy atom. The van der Waals surface area contributed by atoms with Crippen LogP contribution in [0.2, 0.25) is 0 Å². The molecule has 2 unspecified atom stereocenters. The number of aliphatic carboxylic acids is 1. The van der Waals surface area contributed by atoms with Gasteiger partial charge in [0.15, 0.2) is 0 Å². The molecule has 1 rings (SSSR count). The smallest absolute Gasteiger partial charge is 0.303 e. The van der Waals surface area contributed by atoms with Gasteiger partial charge in [-0.15, -0.1) is 0 Å². The van der Waals surface area contributed by atoms with Crippen LogP contribution in [0.5, 0.6) is 0 Å². The topological polar surface area (TPSA) is 72.8 Å². The highest BCUT2D eigenvalue weighted by Gasteiger charge is 2.14. The van der Waals surface area contributed by atoms with E-state index in [-0.39, 0.29) is 24.6 Å². The van der Waals surface area contributed by atoms with Crippen LogP contribution in [0.4, 0.5) is 0 Å². The van der Waals surface area contributed by atoms with Crippen molar-refractivity contribution in [2.24, 2.45) is 0 Å². The molecule has 5 heteroatoms. The number of esters is 1. The third kappa shape index (κ3) is 15.9. The summed E-state index contributed by atoms with van der Waals surface area (Å²) < 4.78 is 11.7. The molecule has 0 bridgehead atoms. The Hall–Kier alpha value is -1.88. The van der Waals surface area contributed by atoms with E-state index in [0.717, 1.165) is 50.5 Å². The molecule has 0 saturated heterocycles. The van der Waals surface area contributed by atoms with E-state index in [1.807, 2.05) is 30.3 Å². The molecule has 0 saturated carbocycles. The van der Waals surface area contributed by atoms with Crippen molar-refractivity contribution in [3.63, 3.8) is 0 Å². The molecule has 182 valence electrons. The van der Waals surface area contributed by atoms with Gasteiger partial charge < -0.3 is 14.6 Å². The Morgan fingerprint density at radius 2 is 1.38 bits per heavy atom. The number of hydrogen-bond acceptors (Lipinski definition) is 4. The number of carboxylic acid groups (broad SMARTS) is 1. The molecular weight excluding hydrogens is 404 g/mol. The van der Waals surface area contributed by atoms with Crippen LogP contribution in [0, 0.1) is 0 Å². The monoisotopic (exact) mass is 448 g/mol. The van der Waals surface area contributed by atoms with Crippen LogP contribution in [0.3, 0.4) is 0 Å². The first-order valence-electron chi connectivity index (χ1n) is 12.6. The fourth-order valence-corrected chi connectivity index (χ4v) is 3.97. The Balaban J connectivity index is 2.37. The average molecular weight is 449 g/mol. The van der Waals surface area contributed by atoms with E-state index in [4.69, 9.17) is 14.6 Å². The van der Waals surface area contributed by atoms with Crippen LogP contribution in [0.1, 0.15) is 109 Å². The van der Waals surface area contributed by atoms with Gasteiger partial charge in [0, 0.05) is 13.3 Å². The van der Waals surface area contributed by atoms with Gasteiger partial charge >= 0.3 is 11.9 Å². The van der Waals surface area contributed by atoms with E-state index in [9.17, 15) is 9.59 Å². The minimum absolute atomic E-state index is 0.00868. The van der Waals surface area contributed by atoms with E-state index in [0.29, 0.717) is 13.0 Å². The average Bonchev–Trinajstić information content (AvgIpc) is 2.76. The summed E-state index contributed by atoms with van der Waals surface area (Å²) >= 11 is 0. The molecule has 0 aliphatic rings. The lowest BCUT2D eigenvalue weighted by Gasteiger charge is -2.20. The maximum absolute atomic E-state index is 11.5. The van der Waals surface area contributed by atoms with Crippen LogP contribution in [-0.2, 0) is 25.7 Å². The predicted octanol–water partition coefficient (Wildman–Crippen LogP) is 7.07. The summed E-state index contributed by atoms with van der Waals surface area (Å²) in [6.07, 6.45) is 13.7. The standard InChI is InChI=1S/C27H44O5/c1-3-4-5-6-7-11-18-26(32-23(2)28)19-13-12-17-25(20-14-21-27(29)30)31-22-24-15-9-8-10-16-24/h8-10,15-16,25-26H,3-7,11-14,17-22H2,1-2H3,(H,29,30). The van der Waals surface area contributed by atoms with Gasteiger partial charge in [0.2, 0.25) is 0 Å². The first-order valence-corrected chi connectivity index (χ1v) is 12.6. The number of carbonyl (C=O) groups excluding carboxylic acids is 1. The van der Waals surface area contributed by atoms with Crippen LogP contribution < -0.4 is 0 Å². The van der Waals surface area contributed by atoms with Crippen molar-refractivity contribution in [3.05, 3.63) is 35.9 Å². The second kappa shape index (κ2) is 18.7. The summed E-state index contributed by atoms with van der Waals surface area (Å²) in [4.78, 5) is 22.3. The van der Waals surface area contributed by atoms with Crippen molar-refractivity contribution in [1.29, 1.82) is 0 Å². The molecular formula is C27H44O5. The number of hydrogen-bond donors (Lipinski definition) is 1. The maximum Gasteiger partial charge on any atom is 0.303 e. The van der Waals surface area contributed by atoms with E-state index in [1.165, 1.54) is 39.0 Å². The van der Waals surface area contributed by atoms with E-state index in [1.54, 1.807) is 0 Å². The van der Waals surface area contributed by atoms with Gasteiger partial charge in [-0.3, -0.25) is 9.59 Å². The fourth-order valence-electron chi connectivity index (χ4n) is 3.97. The summed E-state index contributed by atoms with van der Waals surface area (Å²) in [7, 11) is 0. The molecule has 32 heavy (non-hydrogen) atoms. The molecule has 2 atom stereocenters. The van der Waals surface area contributed by atoms with Crippen LogP contribution in [0.25, 0.3) is 0 Å². The van der Waals surface area contributed by atoms with Gasteiger partial charge in [-0.2, -0.15) is 0 Å². The van der Waals surface area contributed by atoms with Crippen molar-refractivity contribution >= 4 is 11.9 Å². The number of rotatable bonds is 20. The Morgan fingerprint density at radius 3 is 2.00 bits per heavy atom. The number of carbonyl (C=O) groups is 2. The van der Waals surface area contributed by atoms with E-state index in [2.05, 4.69) is 6.92 Å². The molecule has 1 N–H and O–H groups in total. The van der Waals surface area contributed by atoms with Crippen molar-refractivity contribution in [3.8, 4) is 0 Å². The van der Waals surface area contributed by atoms with Crippen molar-refractivity contribution < 1.29 is 24.2 Å². The summed E-state index contributed by atoms with van der Waals surface area (Å²) in [5.41, 5.74) is 1.13. The molecule has 0 heterocycles. The van der Waals surface area contributed by atoms with Gasteiger partial charge in [0.25, 0.3) is 0 Å². The van der Waals surface area contributed by atoms with Gasteiger partial charge in [-0.1, -0.05) is 75.8 Å². The Labute approximate surface area is 194 Å². The van der Waals surface area contributed by atoms with Crippen molar-refractivity contribution in [2.45, 2.75) is 123 Å². The zero-order valence-electron chi connectivity index (χ0n) is 20.2. The van der Waals surface area contributed by atoms with E-state index < -0.39 is 5.97 Å². The largest absolute Gasteiger partial charge is 0.481 e. The highest BCUT2D eigenvalue weighted by atomic mass is 16.5. The first kappa shape index (κ1) is 28.2. The summed E-state index contributed by atoms with van der Waals surface area (Å²) in [6, 6.07) is 10.1. The number of ether oxygens (including phenoxy) is 2. The molecule has 0 aliphatic heterocycles. The van der Waals surface area contributed by atoms with Gasteiger partial charge in [0.05, 0.1) is 12.7 Å². The predicted molar refractivity (Wildman–Crippen MR) is 129 cm³/mol. The third-order valence-corrected chi connectivity index (χ3v) is 5.76. The highest BCUT2D eigenvalue weighted by Crippen LogP contribution is 2.19. The lowest BCUT2D eigenvalue weighted by atomic mass is 10.0. The number of unbranched alkanes of at least 4 members (excludes halogenated alkanes) is 6. The third-order valence-electron chi connectivity index (χ3n) is 5.76. The number of benzene rings is 1. The molecule has 0 aliphatic carbocycles. The lowest BCUT2D eigenvalue weighted by Crippen LogP contribution is -2.17. The van der Waals surface area contributed by atoms with Crippen LogP contribution in [-0.4, -0.2) is 29.3 Å². The molecule has 1 aromatic rings. The minimum Gasteiger partial charge on any atom is -0.481 e. The minimum atomic E-state index is -0.759. The van der Waals surface area contributed by atoms with Crippen LogP contribution >= 0.6 is 0 Å². The summed E-state index contributed by atoms with van der Waals surface area (Å²) in [5, 5.41) is 8.93. The fraction of sp³-hybridized carbons (Fsp3) is 0.704. The molecule has 0 aromatic heterocycles.